The van der Waals surface area contributed by atoms with Crippen LogP contribution < -0.4 is 15.2 Å². The zero-order chi connectivity index (χ0) is 17.1. The lowest BCUT2D eigenvalue weighted by Gasteiger charge is -2.13. The van der Waals surface area contributed by atoms with Gasteiger partial charge in [0.15, 0.2) is 0 Å². The number of hydrogen-bond acceptors (Lipinski definition) is 6. The molecule has 1 N–H and O–H groups in total. The molecule has 0 aliphatic heterocycles. The molecule has 122 valence electrons. The highest BCUT2D eigenvalue weighted by Gasteiger charge is 2.22. The first-order valence-corrected chi connectivity index (χ1v) is 7.86. The number of carboxylic acid groups (broad SMARTS) is 1. The molecule has 0 spiro atoms. The van der Waals surface area contributed by atoms with Gasteiger partial charge in [0.25, 0.3) is 0 Å². The number of methoxy groups -OCH3 is 1. The van der Waals surface area contributed by atoms with Gasteiger partial charge in [0.1, 0.15) is 10.8 Å². The van der Waals surface area contributed by atoms with Crippen molar-refractivity contribution in [3.63, 3.8) is 0 Å². The number of nitrogens with zero attached hydrogens (tertiary/aromatic N) is 1. The Labute approximate surface area is 142 Å². The highest BCUT2D eigenvalue weighted by molar-refractivity contribution is 7.13. The molecule has 1 aromatic carbocycles. The fourth-order valence-electron chi connectivity index (χ4n) is 1.92. The van der Waals surface area contributed by atoms with E-state index in [-0.39, 0.29) is 10.8 Å². The van der Waals surface area contributed by atoms with E-state index in [2.05, 4.69) is 10.3 Å². The van der Waals surface area contributed by atoms with Gasteiger partial charge in [0, 0.05) is 5.02 Å². The van der Waals surface area contributed by atoms with Crippen molar-refractivity contribution in [3.05, 3.63) is 38.8 Å². The third-order valence-corrected chi connectivity index (χ3v) is 4.74. The van der Waals surface area contributed by atoms with E-state index in [1.807, 2.05) is 0 Å². The summed E-state index contributed by atoms with van der Waals surface area (Å²) in [6.45, 7) is 3.21. The summed E-state index contributed by atoms with van der Waals surface area (Å²) in [6.07, 6.45) is 0. The van der Waals surface area contributed by atoms with Crippen LogP contribution in [0, 0.1) is 6.92 Å². The van der Waals surface area contributed by atoms with Crippen LogP contribution in [0.5, 0.6) is 5.75 Å². The maximum absolute atomic E-state index is 12.4. The Kier molecular flexibility index (Phi) is 5.23. The fourth-order valence-corrected chi connectivity index (χ4v) is 3.05. The van der Waals surface area contributed by atoms with E-state index in [1.54, 1.807) is 32.0 Å². The Morgan fingerprint density at radius 3 is 2.70 bits per heavy atom. The molecular weight excluding hydrogens is 340 g/mol. The Morgan fingerprint density at radius 2 is 2.13 bits per heavy atom. The van der Waals surface area contributed by atoms with E-state index < -0.39 is 11.9 Å². The van der Waals surface area contributed by atoms with Gasteiger partial charge < -0.3 is 20.0 Å². The Balaban J connectivity index is 2.22. The van der Waals surface area contributed by atoms with E-state index in [4.69, 9.17) is 16.3 Å². The quantitative estimate of drug-likeness (QED) is 0.889. The van der Waals surface area contributed by atoms with Gasteiger partial charge in [0.2, 0.25) is 5.91 Å². The second-order valence-corrected chi connectivity index (χ2v) is 6.28. The minimum absolute atomic E-state index is 0.0278. The second-order valence-electron chi connectivity index (χ2n) is 4.81. The number of amides is 1. The molecule has 1 atom stereocenters. The highest BCUT2D eigenvalue weighted by atomic mass is 35.5. The van der Waals surface area contributed by atoms with Crippen LogP contribution in [0.4, 0.5) is 5.69 Å². The molecule has 6 nitrogen and oxygen atoms in total. The van der Waals surface area contributed by atoms with Crippen molar-refractivity contribution in [2.75, 3.05) is 12.4 Å². The summed E-state index contributed by atoms with van der Waals surface area (Å²) in [5, 5.41) is 14.5. The average Bonchev–Trinajstić information content (AvgIpc) is 2.88. The molecule has 0 saturated heterocycles. The Hall–Kier alpha value is -2.12. The van der Waals surface area contributed by atoms with Crippen LogP contribution in [0.2, 0.25) is 5.02 Å². The number of nitrogens with one attached hydrogen (secondary N) is 1. The summed E-state index contributed by atoms with van der Waals surface area (Å²) < 4.78 is 5.17. The minimum Gasteiger partial charge on any atom is -0.544 e. The van der Waals surface area contributed by atoms with Gasteiger partial charge in [-0.3, -0.25) is 4.79 Å². The van der Waals surface area contributed by atoms with Crippen LogP contribution in [-0.2, 0) is 4.79 Å². The van der Waals surface area contributed by atoms with Gasteiger partial charge in [-0.1, -0.05) is 11.6 Å². The molecule has 0 bridgehead atoms. The lowest BCUT2D eigenvalue weighted by molar-refractivity contribution is -0.254. The van der Waals surface area contributed by atoms with Crippen LogP contribution in [0.3, 0.4) is 0 Å². The molecular formula is C15H14ClN2O4S-. The fraction of sp³-hybridized carbons (Fsp3) is 0.267. The summed E-state index contributed by atoms with van der Waals surface area (Å²) in [7, 11) is 1.48. The van der Waals surface area contributed by atoms with Crippen molar-refractivity contribution in [3.8, 4) is 5.75 Å². The summed E-state index contributed by atoms with van der Waals surface area (Å²) in [4.78, 5) is 27.5. The number of halogens is 1. The number of benzene rings is 1. The van der Waals surface area contributed by atoms with Crippen LogP contribution >= 0.6 is 22.9 Å². The van der Waals surface area contributed by atoms with Gasteiger partial charge in [0.05, 0.1) is 35.3 Å². The first kappa shape index (κ1) is 17.2. The summed E-state index contributed by atoms with van der Waals surface area (Å²) in [5.41, 5.74) is 0.773. The number of hydrogen-bond donors (Lipinski definition) is 1. The Bertz CT molecular complexity index is 760. The predicted octanol–water partition coefficient (Wildman–Crippen LogP) is 2.22. The van der Waals surface area contributed by atoms with E-state index in [0.717, 1.165) is 11.3 Å². The molecule has 0 radical (unpaired) electrons. The number of aryl methyl sites for hydroxylation is 1. The number of carboxylic acids is 1. The highest BCUT2D eigenvalue weighted by Crippen LogP contribution is 2.30. The molecule has 2 aromatic rings. The predicted molar refractivity (Wildman–Crippen MR) is 86.2 cm³/mol. The summed E-state index contributed by atoms with van der Waals surface area (Å²) in [6, 6.07) is 4.87. The monoisotopic (exact) mass is 353 g/mol. The summed E-state index contributed by atoms with van der Waals surface area (Å²) in [5.74, 6) is -1.80. The number of thiazole rings is 1. The van der Waals surface area contributed by atoms with Gasteiger partial charge in [-0.05, 0) is 32.0 Å². The molecule has 1 aromatic heterocycles. The number of aromatic nitrogens is 1. The van der Waals surface area contributed by atoms with E-state index in [0.29, 0.717) is 27.2 Å². The van der Waals surface area contributed by atoms with Crippen LogP contribution in [-0.4, -0.2) is 24.0 Å². The molecule has 0 unspecified atom stereocenters. The first-order valence-electron chi connectivity index (χ1n) is 6.66. The SMILES string of the molecule is COc1ccc(Cl)cc1NC(=O)[C@H](C)c1nc(C)c(C(=O)[O-])s1. The maximum atomic E-state index is 12.4. The second kappa shape index (κ2) is 6.97. The Morgan fingerprint density at radius 1 is 1.43 bits per heavy atom. The number of rotatable bonds is 5. The number of carbonyl (C=O) groups is 2. The molecule has 23 heavy (non-hydrogen) atoms. The number of carbonyl (C=O) groups excluding carboxylic acids is 2. The van der Waals surface area contributed by atoms with E-state index in [1.165, 1.54) is 7.11 Å². The van der Waals surface area contributed by atoms with Crippen molar-refractivity contribution >= 4 is 40.5 Å². The normalized spacial score (nSPS) is 11.8. The van der Waals surface area contributed by atoms with Crippen LogP contribution in [0.15, 0.2) is 18.2 Å². The van der Waals surface area contributed by atoms with E-state index in [9.17, 15) is 14.7 Å². The van der Waals surface area contributed by atoms with Gasteiger partial charge in [-0.15, -0.1) is 11.3 Å². The van der Waals surface area contributed by atoms with Gasteiger partial charge in [-0.25, -0.2) is 4.98 Å². The third-order valence-electron chi connectivity index (χ3n) is 3.18. The van der Waals surface area contributed by atoms with E-state index >= 15 is 0 Å². The van der Waals surface area contributed by atoms with Crippen molar-refractivity contribution in [1.29, 1.82) is 0 Å². The number of ether oxygens (including phenoxy) is 1. The van der Waals surface area contributed by atoms with Crippen molar-refractivity contribution in [2.24, 2.45) is 0 Å². The third kappa shape index (κ3) is 3.80. The molecule has 0 fully saturated rings. The lowest BCUT2D eigenvalue weighted by Crippen LogP contribution is -2.21. The van der Waals surface area contributed by atoms with Gasteiger partial charge in [-0.2, -0.15) is 0 Å². The first-order chi connectivity index (χ1) is 10.8. The van der Waals surface area contributed by atoms with Gasteiger partial charge >= 0.3 is 0 Å². The zero-order valence-corrected chi connectivity index (χ0v) is 14.2. The smallest absolute Gasteiger partial charge is 0.234 e. The topological polar surface area (TPSA) is 91.3 Å². The zero-order valence-electron chi connectivity index (χ0n) is 12.7. The summed E-state index contributed by atoms with van der Waals surface area (Å²) >= 11 is 6.86. The van der Waals surface area contributed by atoms with Crippen molar-refractivity contribution < 1.29 is 19.4 Å². The van der Waals surface area contributed by atoms with Crippen LogP contribution in [0.1, 0.15) is 33.2 Å². The minimum atomic E-state index is -1.30. The van der Waals surface area contributed by atoms with Crippen LogP contribution in [0.25, 0.3) is 0 Å². The maximum Gasteiger partial charge on any atom is 0.234 e. The molecule has 2 rings (SSSR count). The molecule has 1 heterocycles. The number of anilines is 1. The average molecular weight is 354 g/mol. The standard InChI is InChI=1S/C15H15ClN2O4S/c1-7(14-17-8(2)12(23-14)15(20)21)13(19)18-10-6-9(16)4-5-11(10)22-3/h4-7H,1-3H3,(H,18,19)(H,20,21)/p-1/t7-/m0/s1. The molecule has 0 aliphatic rings. The largest absolute Gasteiger partial charge is 0.544 e. The molecule has 0 saturated carbocycles. The van der Waals surface area contributed by atoms with Crippen molar-refractivity contribution in [1.82, 2.24) is 4.98 Å². The lowest BCUT2D eigenvalue weighted by atomic mass is 10.1. The molecule has 0 aliphatic carbocycles. The van der Waals surface area contributed by atoms with Crippen molar-refractivity contribution in [2.45, 2.75) is 19.8 Å². The molecule has 8 heteroatoms. The molecule has 1 amide bonds. The number of aromatic carboxylic acids is 1.